The van der Waals surface area contributed by atoms with E-state index >= 15 is 0 Å². The van der Waals surface area contributed by atoms with E-state index in [0.29, 0.717) is 13.0 Å². The lowest BCUT2D eigenvalue weighted by Gasteiger charge is -2.37. The van der Waals surface area contributed by atoms with Crippen LogP contribution in [0.15, 0.2) is 28.7 Å². The van der Waals surface area contributed by atoms with Crippen molar-refractivity contribution in [3.8, 4) is 0 Å². The third-order valence-electron chi connectivity index (χ3n) is 4.92. The molecule has 5 heteroatoms. The molecule has 2 aliphatic rings. The Kier molecular flexibility index (Phi) is 4.21. The molecule has 1 aromatic rings. The number of aliphatic hydroxyl groups is 1. The maximum absolute atomic E-state index is 12.4. The first kappa shape index (κ1) is 16.8. The molecule has 1 heterocycles. The molecule has 3 rings (SSSR count). The monoisotopic (exact) mass is 381 g/mol. The molecule has 3 unspecified atom stereocenters. The Bertz CT molecular complexity index is 595. The molecule has 2 fully saturated rings. The van der Waals surface area contributed by atoms with Crippen LogP contribution in [0.25, 0.3) is 0 Å². The maximum Gasteiger partial charge on any atom is 0.410 e. The molecule has 23 heavy (non-hydrogen) atoms. The zero-order valence-electron chi connectivity index (χ0n) is 13.9. The van der Waals surface area contributed by atoms with Crippen molar-refractivity contribution in [1.29, 1.82) is 0 Å². The van der Waals surface area contributed by atoms with Gasteiger partial charge in [0.2, 0.25) is 0 Å². The summed E-state index contributed by atoms with van der Waals surface area (Å²) in [6.07, 6.45) is 2.07. The molecule has 0 aromatic heterocycles. The number of hydrogen-bond acceptors (Lipinski definition) is 3. The Balaban J connectivity index is 1.78. The van der Waals surface area contributed by atoms with E-state index < -0.39 is 11.2 Å². The van der Waals surface area contributed by atoms with Gasteiger partial charge in [-0.3, -0.25) is 0 Å². The predicted octanol–water partition coefficient (Wildman–Crippen LogP) is 4.06. The van der Waals surface area contributed by atoms with E-state index in [-0.39, 0.29) is 18.1 Å². The van der Waals surface area contributed by atoms with Gasteiger partial charge in [0.05, 0.1) is 5.60 Å². The van der Waals surface area contributed by atoms with E-state index in [1.165, 1.54) is 0 Å². The summed E-state index contributed by atoms with van der Waals surface area (Å²) >= 11 is 3.43. The second-order valence-corrected chi connectivity index (χ2v) is 8.60. The molecule has 126 valence electrons. The Morgan fingerprint density at radius 2 is 2.00 bits per heavy atom. The molecule has 0 radical (unpaired) electrons. The van der Waals surface area contributed by atoms with Gasteiger partial charge in [0, 0.05) is 23.0 Å². The fourth-order valence-corrected chi connectivity index (χ4v) is 4.05. The Labute approximate surface area is 145 Å². The van der Waals surface area contributed by atoms with Gasteiger partial charge in [0.1, 0.15) is 5.60 Å². The number of hydrogen-bond donors (Lipinski definition) is 1. The van der Waals surface area contributed by atoms with Crippen molar-refractivity contribution in [2.24, 2.45) is 5.92 Å². The minimum Gasteiger partial charge on any atom is -0.444 e. The first-order valence-corrected chi connectivity index (χ1v) is 8.96. The molecular formula is C18H24BrNO3. The van der Waals surface area contributed by atoms with Crippen molar-refractivity contribution in [2.75, 3.05) is 6.54 Å². The van der Waals surface area contributed by atoms with Crippen LogP contribution >= 0.6 is 15.9 Å². The fraction of sp³-hybridized carbons (Fsp3) is 0.611. The molecule has 1 aromatic carbocycles. The lowest BCUT2D eigenvalue weighted by Crippen LogP contribution is -2.39. The molecular weight excluding hydrogens is 358 g/mol. The number of fused-ring (bicyclic) bond motifs is 2. The minimum absolute atomic E-state index is 0.0648. The molecule has 0 spiro atoms. The van der Waals surface area contributed by atoms with Crippen LogP contribution < -0.4 is 0 Å². The first-order chi connectivity index (χ1) is 10.7. The standard InChI is InChI=1S/C18H24BrNO3/c1-17(2,3)23-16(21)20-11-13-10-15(20)8-9-18(13,22)12-4-6-14(19)7-5-12/h4-7,13,15,22H,8-11H2,1-3H3. The minimum atomic E-state index is -0.853. The zero-order valence-corrected chi connectivity index (χ0v) is 15.5. The van der Waals surface area contributed by atoms with Gasteiger partial charge in [0.15, 0.2) is 0 Å². The lowest BCUT2D eigenvalue weighted by molar-refractivity contribution is -0.0389. The first-order valence-electron chi connectivity index (χ1n) is 8.17. The molecule has 1 amide bonds. The summed E-state index contributed by atoms with van der Waals surface area (Å²) < 4.78 is 6.52. The molecule has 1 saturated carbocycles. The van der Waals surface area contributed by atoms with E-state index in [9.17, 15) is 9.90 Å². The number of benzene rings is 1. The maximum atomic E-state index is 12.4. The Morgan fingerprint density at radius 3 is 2.61 bits per heavy atom. The van der Waals surface area contributed by atoms with Gasteiger partial charge in [-0.15, -0.1) is 0 Å². The summed E-state index contributed by atoms with van der Waals surface area (Å²) in [6.45, 7) is 6.20. The van der Waals surface area contributed by atoms with E-state index in [1.54, 1.807) is 0 Å². The number of ether oxygens (including phenoxy) is 1. The largest absolute Gasteiger partial charge is 0.444 e. The van der Waals surface area contributed by atoms with Gasteiger partial charge in [-0.2, -0.15) is 0 Å². The van der Waals surface area contributed by atoms with Gasteiger partial charge < -0.3 is 14.7 Å². The highest BCUT2D eigenvalue weighted by molar-refractivity contribution is 9.10. The highest BCUT2D eigenvalue weighted by Crippen LogP contribution is 2.48. The molecule has 3 atom stereocenters. The Morgan fingerprint density at radius 1 is 1.35 bits per heavy atom. The number of carbonyl (C=O) groups excluding carboxylic acids is 1. The van der Waals surface area contributed by atoms with Crippen molar-refractivity contribution in [1.82, 2.24) is 4.90 Å². The molecule has 4 nitrogen and oxygen atoms in total. The van der Waals surface area contributed by atoms with Gasteiger partial charge in [-0.05, 0) is 57.7 Å². The van der Waals surface area contributed by atoms with Gasteiger partial charge in [-0.25, -0.2) is 4.79 Å². The number of amides is 1. The molecule has 1 aliphatic carbocycles. The number of nitrogens with zero attached hydrogens (tertiary/aromatic N) is 1. The fourth-order valence-electron chi connectivity index (χ4n) is 3.79. The van der Waals surface area contributed by atoms with Crippen LogP contribution in [0.3, 0.4) is 0 Å². The average Bonchev–Trinajstić information content (AvgIpc) is 2.83. The van der Waals surface area contributed by atoms with Crippen LogP contribution in [0.4, 0.5) is 4.79 Å². The van der Waals surface area contributed by atoms with Crippen LogP contribution in [0, 0.1) is 5.92 Å². The highest BCUT2D eigenvalue weighted by Gasteiger charge is 2.51. The van der Waals surface area contributed by atoms with E-state index in [1.807, 2.05) is 49.9 Å². The van der Waals surface area contributed by atoms with Gasteiger partial charge >= 0.3 is 6.09 Å². The van der Waals surface area contributed by atoms with E-state index in [2.05, 4.69) is 15.9 Å². The molecule has 1 N–H and O–H groups in total. The van der Waals surface area contributed by atoms with E-state index in [0.717, 1.165) is 22.9 Å². The average molecular weight is 382 g/mol. The Hall–Kier alpha value is -1.07. The number of rotatable bonds is 1. The number of likely N-dealkylation sites (tertiary alicyclic amines) is 1. The number of carbonyl (C=O) groups is 1. The predicted molar refractivity (Wildman–Crippen MR) is 92.1 cm³/mol. The van der Waals surface area contributed by atoms with Crippen LogP contribution in [0.5, 0.6) is 0 Å². The lowest BCUT2D eigenvalue weighted by atomic mass is 9.72. The summed E-state index contributed by atoms with van der Waals surface area (Å²) in [5.41, 5.74) is -0.404. The summed E-state index contributed by atoms with van der Waals surface area (Å²) in [7, 11) is 0. The topological polar surface area (TPSA) is 49.8 Å². The van der Waals surface area contributed by atoms with Crippen LogP contribution in [-0.4, -0.2) is 34.3 Å². The summed E-state index contributed by atoms with van der Waals surface area (Å²) in [4.78, 5) is 14.2. The molecule has 1 aliphatic heterocycles. The SMILES string of the molecule is CC(C)(C)OC(=O)N1CC2CC1CCC2(O)c1ccc(Br)cc1. The van der Waals surface area contributed by atoms with Gasteiger partial charge in [0.25, 0.3) is 0 Å². The summed E-state index contributed by atoms with van der Waals surface area (Å²) in [5.74, 6) is 0.0648. The van der Waals surface area contributed by atoms with Crippen LogP contribution in [0.1, 0.15) is 45.6 Å². The van der Waals surface area contributed by atoms with Crippen molar-refractivity contribution in [3.63, 3.8) is 0 Å². The normalized spacial score (nSPS) is 30.4. The van der Waals surface area contributed by atoms with E-state index in [4.69, 9.17) is 4.74 Å². The molecule has 2 bridgehead atoms. The van der Waals surface area contributed by atoms with Gasteiger partial charge in [-0.1, -0.05) is 28.1 Å². The smallest absolute Gasteiger partial charge is 0.410 e. The van der Waals surface area contributed by atoms with Crippen LogP contribution in [-0.2, 0) is 10.3 Å². The second-order valence-electron chi connectivity index (χ2n) is 7.69. The third-order valence-corrected chi connectivity index (χ3v) is 5.45. The number of halogens is 1. The van der Waals surface area contributed by atoms with Crippen molar-refractivity contribution < 1.29 is 14.6 Å². The van der Waals surface area contributed by atoms with Crippen molar-refractivity contribution >= 4 is 22.0 Å². The summed E-state index contributed by atoms with van der Waals surface area (Å²) in [5, 5.41) is 11.3. The molecule has 1 saturated heterocycles. The highest BCUT2D eigenvalue weighted by atomic mass is 79.9. The zero-order chi connectivity index (χ0) is 16.8. The van der Waals surface area contributed by atoms with Crippen molar-refractivity contribution in [3.05, 3.63) is 34.3 Å². The third kappa shape index (κ3) is 3.26. The quantitative estimate of drug-likeness (QED) is 0.797. The van der Waals surface area contributed by atoms with Crippen molar-refractivity contribution in [2.45, 2.75) is 57.3 Å². The summed E-state index contributed by atoms with van der Waals surface area (Å²) in [6, 6.07) is 8.05. The van der Waals surface area contributed by atoms with Crippen LogP contribution in [0.2, 0.25) is 0 Å². The second kappa shape index (κ2) is 5.78.